The predicted octanol–water partition coefficient (Wildman–Crippen LogP) is 3.08. The molecule has 2 heterocycles. The van der Waals surface area contributed by atoms with Crippen molar-refractivity contribution in [2.24, 2.45) is 5.73 Å². The van der Waals surface area contributed by atoms with Crippen LogP contribution >= 0.6 is 0 Å². The van der Waals surface area contributed by atoms with Crippen molar-refractivity contribution < 1.29 is 0 Å². The molecule has 0 aliphatic heterocycles. The number of hydrogen-bond acceptors (Lipinski definition) is 2. The summed E-state index contributed by atoms with van der Waals surface area (Å²) in [6.07, 6.45) is 2.06. The topological polar surface area (TPSA) is 43.3 Å². The normalized spacial score (nSPS) is 11.1. The van der Waals surface area contributed by atoms with Crippen molar-refractivity contribution in [3.8, 4) is 11.3 Å². The summed E-state index contributed by atoms with van der Waals surface area (Å²) in [4.78, 5) is 4.71. The predicted molar refractivity (Wildman–Crippen MR) is 78.0 cm³/mol. The SMILES string of the molecule is Cc1ccc(-c2nc3ccc(CN)cn3c2C)cc1. The summed E-state index contributed by atoms with van der Waals surface area (Å²) < 4.78 is 2.11. The summed E-state index contributed by atoms with van der Waals surface area (Å²) in [5.41, 5.74) is 12.4. The minimum Gasteiger partial charge on any atom is -0.326 e. The van der Waals surface area contributed by atoms with Crippen LogP contribution in [0, 0.1) is 13.8 Å². The molecule has 0 aliphatic carbocycles. The molecule has 0 spiro atoms. The van der Waals surface area contributed by atoms with Crippen molar-refractivity contribution >= 4 is 5.65 Å². The quantitative estimate of drug-likeness (QED) is 0.760. The van der Waals surface area contributed by atoms with Crippen LogP contribution in [-0.2, 0) is 6.54 Å². The van der Waals surface area contributed by atoms with Gasteiger partial charge in [0.15, 0.2) is 0 Å². The fraction of sp³-hybridized carbons (Fsp3) is 0.188. The van der Waals surface area contributed by atoms with Gasteiger partial charge in [-0.2, -0.15) is 0 Å². The second-order valence-corrected chi connectivity index (χ2v) is 4.88. The van der Waals surface area contributed by atoms with Gasteiger partial charge >= 0.3 is 0 Å². The molecule has 2 aromatic heterocycles. The third kappa shape index (κ3) is 2.02. The number of nitrogens with two attached hydrogens (primary N) is 1. The molecule has 0 bridgehead atoms. The highest BCUT2D eigenvalue weighted by Gasteiger charge is 2.10. The van der Waals surface area contributed by atoms with Crippen LogP contribution in [0.15, 0.2) is 42.6 Å². The molecule has 0 unspecified atom stereocenters. The average molecular weight is 251 g/mol. The number of rotatable bonds is 2. The number of aromatic nitrogens is 2. The van der Waals surface area contributed by atoms with Crippen molar-refractivity contribution in [3.63, 3.8) is 0 Å². The highest BCUT2D eigenvalue weighted by Crippen LogP contribution is 2.24. The van der Waals surface area contributed by atoms with E-state index in [1.54, 1.807) is 0 Å². The summed E-state index contributed by atoms with van der Waals surface area (Å²) in [7, 11) is 0. The van der Waals surface area contributed by atoms with Gasteiger partial charge in [0.1, 0.15) is 5.65 Å². The van der Waals surface area contributed by atoms with Crippen LogP contribution in [0.4, 0.5) is 0 Å². The molecule has 3 nitrogen and oxygen atoms in total. The first-order valence-electron chi connectivity index (χ1n) is 6.44. The van der Waals surface area contributed by atoms with E-state index in [1.807, 2.05) is 12.1 Å². The third-order valence-corrected chi connectivity index (χ3v) is 3.48. The van der Waals surface area contributed by atoms with E-state index in [0.29, 0.717) is 6.54 Å². The maximum absolute atomic E-state index is 5.69. The summed E-state index contributed by atoms with van der Waals surface area (Å²) in [6, 6.07) is 12.5. The Hall–Kier alpha value is -2.13. The van der Waals surface area contributed by atoms with Gasteiger partial charge in [0.25, 0.3) is 0 Å². The first-order valence-corrected chi connectivity index (χ1v) is 6.44. The van der Waals surface area contributed by atoms with E-state index in [9.17, 15) is 0 Å². The monoisotopic (exact) mass is 251 g/mol. The van der Waals surface area contributed by atoms with E-state index < -0.39 is 0 Å². The lowest BCUT2D eigenvalue weighted by Crippen LogP contribution is -1.98. The minimum absolute atomic E-state index is 0.549. The highest BCUT2D eigenvalue weighted by molar-refractivity contribution is 5.66. The van der Waals surface area contributed by atoms with Gasteiger partial charge in [0.2, 0.25) is 0 Å². The van der Waals surface area contributed by atoms with Crippen molar-refractivity contribution in [1.82, 2.24) is 9.38 Å². The minimum atomic E-state index is 0.549. The van der Waals surface area contributed by atoms with Gasteiger partial charge < -0.3 is 10.1 Å². The molecule has 19 heavy (non-hydrogen) atoms. The van der Waals surface area contributed by atoms with Crippen LogP contribution < -0.4 is 5.73 Å². The number of benzene rings is 1. The zero-order chi connectivity index (χ0) is 13.4. The lowest BCUT2D eigenvalue weighted by molar-refractivity contribution is 1.01. The Morgan fingerprint density at radius 1 is 1.05 bits per heavy atom. The largest absolute Gasteiger partial charge is 0.326 e. The standard InChI is InChI=1S/C16H17N3/c1-11-3-6-14(7-4-11)16-12(2)19-10-13(9-17)5-8-15(19)18-16/h3-8,10H,9,17H2,1-2H3. The molecule has 96 valence electrons. The smallest absolute Gasteiger partial charge is 0.137 e. The summed E-state index contributed by atoms with van der Waals surface area (Å²) in [5.74, 6) is 0. The van der Waals surface area contributed by atoms with Gasteiger partial charge in [-0.3, -0.25) is 0 Å². The molecule has 3 aromatic rings. The molecule has 0 saturated heterocycles. The second-order valence-electron chi connectivity index (χ2n) is 4.88. The molecule has 2 N–H and O–H groups in total. The lowest BCUT2D eigenvalue weighted by atomic mass is 10.1. The van der Waals surface area contributed by atoms with Crippen molar-refractivity contribution in [1.29, 1.82) is 0 Å². The van der Waals surface area contributed by atoms with Gasteiger partial charge in [-0.05, 0) is 25.5 Å². The summed E-state index contributed by atoms with van der Waals surface area (Å²) in [6.45, 7) is 4.73. The second kappa shape index (κ2) is 4.52. The van der Waals surface area contributed by atoms with Gasteiger partial charge in [-0.15, -0.1) is 0 Å². The van der Waals surface area contributed by atoms with Gasteiger partial charge in [-0.1, -0.05) is 35.9 Å². The molecular formula is C16H17N3. The number of nitrogens with zero attached hydrogens (tertiary/aromatic N) is 2. The van der Waals surface area contributed by atoms with E-state index in [-0.39, 0.29) is 0 Å². The average Bonchev–Trinajstić information content (AvgIpc) is 2.76. The molecule has 0 radical (unpaired) electrons. The van der Waals surface area contributed by atoms with Crippen LogP contribution in [-0.4, -0.2) is 9.38 Å². The number of fused-ring (bicyclic) bond motifs is 1. The zero-order valence-electron chi connectivity index (χ0n) is 11.2. The van der Waals surface area contributed by atoms with Gasteiger partial charge in [-0.25, -0.2) is 4.98 Å². The molecule has 0 fully saturated rings. The maximum Gasteiger partial charge on any atom is 0.137 e. The van der Waals surface area contributed by atoms with Crippen molar-refractivity contribution in [3.05, 3.63) is 59.4 Å². The molecule has 3 heteroatoms. The number of pyridine rings is 1. The summed E-state index contributed by atoms with van der Waals surface area (Å²) >= 11 is 0. The van der Waals surface area contributed by atoms with Crippen molar-refractivity contribution in [2.75, 3.05) is 0 Å². The third-order valence-electron chi connectivity index (χ3n) is 3.48. The molecule has 0 amide bonds. The number of aryl methyl sites for hydroxylation is 2. The summed E-state index contributed by atoms with van der Waals surface area (Å²) in [5, 5.41) is 0. The highest BCUT2D eigenvalue weighted by atomic mass is 15.0. The molecule has 0 saturated carbocycles. The van der Waals surface area contributed by atoms with Crippen LogP contribution in [0.1, 0.15) is 16.8 Å². The van der Waals surface area contributed by atoms with Gasteiger partial charge in [0.05, 0.1) is 5.69 Å². The Morgan fingerprint density at radius 3 is 2.47 bits per heavy atom. The Morgan fingerprint density at radius 2 is 1.79 bits per heavy atom. The van der Waals surface area contributed by atoms with Crippen LogP contribution in [0.5, 0.6) is 0 Å². The Balaban J connectivity index is 2.19. The van der Waals surface area contributed by atoms with Gasteiger partial charge in [0, 0.05) is 24.0 Å². The van der Waals surface area contributed by atoms with Crippen LogP contribution in [0.25, 0.3) is 16.9 Å². The zero-order valence-corrected chi connectivity index (χ0v) is 11.2. The van der Waals surface area contributed by atoms with E-state index in [2.05, 4.69) is 48.7 Å². The Bertz CT molecular complexity index is 724. The molecule has 1 aromatic carbocycles. The molecular weight excluding hydrogens is 234 g/mol. The maximum atomic E-state index is 5.69. The van der Waals surface area contributed by atoms with Crippen LogP contribution in [0.2, 0.25) is 0 Å². The number of hydrogen-bond donors (Lipinski definition) is 1. The molecule has 0 atom stereocenters. The van der Waals surface area contributed by atoms with Crippen molar-refractivity contribution in [2.45, 2.75) is 20.4 Å². The van der Waals surface area contributed by atoms with E-state index in [1.165, 1.54) is 5.56 Å². The van der Waals surface area contributed by atoms with E-state index in [0.717, 1.165) is 28.2 Å². The number of imidazole rings is 1. The van der Waals surface area contributed by atoms with Crippen LogP contribution in [0.3, 0.4) is 0 Å². The Kier molecular flexibility index (Phi) is 2.84. The first-order chi connectivity index (χ1) is 9.19. The van der Waals surface area contributed by atoms with E-state index in [4.69, 9.17) is 10.7 Å². The molecule has 0 aliphatic rings. The molecule has 3 rings (SSSR count). The van der Waals surface area contributed by atoms with E-state index >= 15 is 0 Å². The Labute approximate surface area is 112 Å². The first kappa shape index (κ1) is 11.9. The lowest BCUT2D eigenvalue weighted by Gasteiger charge is -2.01. The fourth-order valence-corrected chi connectivity index (χ4v) is 2.31. The fourth-order valence-electron chi connectivity index (χ4n) is 2.31.